The molecule has 0 bridgehead atoms. The molecule has 0 amide bonds. The number of ether oxygens (including phenoxy) is 2. The van der Waals surface area contributed by atoms with Crippen molar-refractivity contribution in [1.82, 2.24) is 5.32 Å². The lowest BCUT2D eigenvalue weighted by Gasteiger charge is -2.29. The van der Waals surface area contributed by atoms with Gasteiger partial charge in [0.05, 0.1) is 13.7 Å². The van der Waals surface area contributed by atoms with E-state index in [0.717, 1.165) is 0 Å². The number of nitrogens with one attached hydrogen (secondary N) is 1. The van der Waals surface area contributed by atoms with Crippen LogP contribution in [-0.2, 0) is 19.8 Å². The predicted molar refractivity (Wildman–Crippen MR) is 70.7 cm³/mol. The number of hydrogen-bond acceptors (Lipinski definition) is 4. The van der Waals surface area contributed by atoms with Gasteiger partial charge in [-0.2, -0.15) is 0 Å². The SMILES string of the molecule is COCCNC(C)(C(=O)OC)c1ccccc1Cl. The summed E-state index contributed by atoms with van der Waals surface area (Å²) in [5.74, 6) is -0.383. The lowest BCUT2D eigenvalue weighted by molar-refractivity contribution is -0.148. The summed E-state index contributed by atoms with van der Waals surface area (Å²) < 4.78 is 9.82. The zero-order valence-corrected chi connectivity index (χ0v) is 11.6. The largest absolute Gasteiger partial charge is 0.467 e. The zero-order chi connectivity index (χ0) is 13.6. The molecule has 4 nitrogen and oxygen atoms in total. The topological polar surface area (TPSA) is 47.6 Å². The van der Waals surface area contributed by atoms with Gasteiger partial charge in [0.1, 0.15) is 5.54 Å². The number of carbonyl (C=O) groups is 1. The third-order valence-corrected chi connectivity index (χ3v) is 3.12. The van der Waals surface area contributed by atoms with E-state index in [-0.39, 0.29) is 5.97 Å². The highest BCUT2D eigenvalue weighted by molar-refractivity contribution is 6.31. The summed E-state index contributed by atoms with van der Waals surface area (Å²) in [5.41, 5.74) is -0.291. The van der Waals surface area contributed by atoms with Gasteiger partial charge in [0, 0.05) is 24.2 Å². The van der Waals surface area contributed by atoms with Crippen LogP contribution >= 0.6 is 11.6 Å². The van der Waals surface area contributed by atoms with Gasteiger partial charge in [-0.15, -0.1) is 0 Å². The number of hydrogen-bond donors (Lipinski definition) is 1. The predicted octanol–water partition coefficient (Wildman–Crippen LogP) is 1.96. The van der Waals surface area contributed by atoms with E-state index in [0.29, 0.717) is 23.7 Å². The van der Waals surface area contributed by atoms with E-state index in [1.54, 1.807) is 26.2 Å². The molecule has 5 heteroatoms. The smallest absolute Gasteiger partial charge is 0.330 e. The van der Waals surface area contributed by atoms with Crippen molar-refractivity contribution in [3.05, 3.63) is 34.9 Å². The maximum atomic E-state index is 12.0. The molecule has 1 aromatic rings. The van der Waals surface area contributed by atoms with Crippen molar-refractivity contribution in [3.63, 3.8) is 0 Å². The number of benzene rings is 1. The molecular weight excluding hydrogens is 254 g/mol. The Balaban J connectivity index is 3.04. The van der Waals surface area contributed by atoms with Crippen molar-refractivity contribution < 1.29 is 14.3 Å². The lowest BCUT2D eigenvalue weighted by Crippen LogP contribution is -2.48. The zero-order valence-electron chi connectivity index (χ0n) is 10.8. The third-order valence-electron chi connectivity index (χ3n) is 2.79. The number of rotatable bonds is 6. The molecule has 1 N–H and O–H groups in total. The van der Waals surface area contributed by atoms with E-state index < -0.39 is 5.54 Å². The molecule has 0 aliphatic carbocycles. The molecule has 18 heavy (non-hydrogen) atoms. The van der Waals surface area contributed by atoms with Gasteiger partial charge in [-0.05, 0) is 13.0 Å². The summed E-state index contributed by atoms with van der Waals surface area (Å²) in [6, 6.07) is 7.20. The molecule has 1 unspecified atom stereocenters. The fourth-order valence-electron chi connectivity index (χ4n) is 1.75. The van der Waals surface area contributed by atoms with Crippen LogP contribution in [-0.4, -0.2) is 33.3 Å². The Morgan fingerprint density at radius 3 is 2.61 bits per heavy atom. The van der Waals surface area contributed by atoms with Crippen LogP contribution in [0.15, 0.2) is 24.3 Å². The maximum absolute atomic E-state index is 12.0. The van der Waals surface area contributed by atoms with Crippen LogP contribution in [0.3, 0.4) is 0 Å². The molecule has 1 rings (SSSR count). The summed E-state index contributed by atoms with van der Waals surface area (Å²) in [5, 5.41) is 3.64. The molecule has 0 saturated carbocycles. The van der Waals surface area contributed by atoms with Crippen LogP contribution < -0.4 is 5.32 Å². The Morgan fingerprint density at radius 1 is 1.39 bits per heavy atom. The fraction of sp³-hybridized carbons (Fsp3) is 0.462. The lowest BCUT2D eigenvalue weighted by atomic mass is 9.92. The minimum atomic E-state index is -0.981. The monoisotopic (exact) mass is 271 g/mol. The molecule has 0 saturated heterocycles. The first-order valence-corrected chi connectivity index (χ1v) is 6.01. The highest BCUT2D eigenvalue weighted by Crippen LogP contribution is 2.28. The summed E-state index contributed by atoms with van der Waals surface area (Å²) in [6.45, 7) is 2.76. The van der Waals surface area contributed by atoms with Gasteiger partial charge in [0.25, 0.3) is 0 Å². The van der Waals surface area contributed by atoms with Crippen molar-refractivity contribution in [2.45, 2.75) is 12.5 Å². The average molecular weight is 272 g/mol. The Bertz CT molecular complexity index is 411. The second-order valence-electron chi connectivity index (χ2n) is 4.02. The Morgan fingerprint density at radius 2 is 2.06 bits per heavy atom. The second-order valence-corrected chi connectivity index (χ2v) is 4.42. The van der Waals surface area contributed by atoms with E-state index in [9.17, 15) is 4.79 Å². The van der Waals surface area contributed by atoms with Crippen LogP contribution in [0.5, 0.6) is 0 Å². The van der Waals surface area contributed by atoms with Crippen molar-refractivity contribution in [2.75, 3.05) is 27.4 Å². The molecule has 100 valence electrons. The van der Waals surface area contributed by atoms with Gasteiger partial charge in [-0.3, -0.25) is 5.32 Å². The highest BCUT2D eigenvalue weighted by atomic mass is 35.5. The van der Waals surface area contributed by atoms with Gasteiger partial charge >= 0.3 is 5.97 Å². The quantitative estimate of drug-likeness (QED) is 0.635. The van der Waals surface area contributed by atoms with E-state index in [2.05, 4.69) is 5.32 Å². The fourth-order valence-corrected chi connectivity index (χ4v) is 2.08. The minimum absolute atomic E-state index is 0.383. The van der Waals surface area contributed by atoms with E-state index >= 15 is 0 Å². The summed E-state index contributed by atoms with van der Waals surface area (Å²) in [6.07, 6.45) is 0. The molecule has 0 fully saturated rings. The van der Waals surface area contributed by atoms with Crippen LogP contribution in [0, 0.1) is 0 Å². The molecule has 1 aromatic carbocycles. The van der Waals surface area contributed by atoms with E-state index in [1.165, 1.54) is 7.11 Å². The Labute approximate surface area is 112 Å². The minimum Gasteiger partial charge on any atom is -0.467 e. The molecule has 0 aromatic heterocycles. The number of methoxy groups -OCH3 is 2. The van der Waals surface area contributed by atoms with Gasteiger partial charge in [-0.25, -0.2) is 4.79 Å². The summed E-state index contributed by atoms with van der Waals surface area (Å²) >= 11 is 6.14. The highest BCUT2D eigenvalue weighted by Gasteiger charge is 2.37. The first-order chi connectivity index (χ1) is 8.56. The number of esters is 1. The first-order valence-electron chi connectivity index (χ1n) is 5.63. The van der Waals surface area contributed by atoms with Crippen LogP contribution in [0.1, 0.15) is 12.5 Å². The van der Waals surface area contributed by atoms with E-state index in [1.807, 2.05) is 12.1 Å². The maximum Gasteiger partial charge on any atom is 0.330 e. The van der Waals surface area contributed by atoms with Gasteiger partial charge < -0.3 is 9.47 Å². The van der Waals surface area contributed by atoms with Crippen molar-refractivity contribution in [3.8, 4) is 0 Å². The van der Waals surface area contributed by atoms with Gasteiger partial charge in [0.2, 0.25) is 0 Å². The first kappa shape index (κ1) is 15.0. The van der Waals surface area contributed by atoms with Crippen LogP contribution in [0.25, 0.3) is 0 Å². The van der Waals surface area contributed by atoms with Gasteiger partial charge in [-0.1, -0.05) is 29.8 Å². The van der Waals surface area contributed by atoms with Crippen LogP contribution in [0.4, 0.5) is 0 Å². The number of halogens is 1. The summed E-state index contributed by atoms with van der Waals surface area (Å²) in [4.78, 5) is 12.0. The molecule has 0 aliphatic heterocycles. The van der Waals surface area contributed by atoms with Gasteiger partial charge in [0.15, 0.2) is 0 Å². The second kappa shape index (κ2) is 6.73. The van der Waals surface area contributed by atoms with E-state index in [4.69, 9.17) is 21.1 Å². The third kappa shape index (κ3) is 3.22. The molecule has 0 spiro atoms. The normalized spacial score (nSPS) is 14.0. The van der Waals surface area contributed by atoms with Crippen molar-refractivity contribution in [2.24, 2.45) is 0 Å². The Hall–Kier alpha value is -1.10. The van der Waals surface area contributed by atoms with Crippen LogP contribution in [0.2, 0.25) is 5.02 Å². The average Bonchev–Trinajstić information content (AvgIpc) is 2.38. The van der Waals surface area contributed by atoms with Crippen molar-refractivity contribution >= 4 is 17.6 Å². The molecular formula is C13H18ClNO3. The van der Waals surface area contributed by atoms with Crippen molar-refractivity contribution in [1.29, 1.82) is 0 Å². The standard InChI is InChI=1S/C13H18ClNO3/c1-13(12(16)18-3,15-8-9-17-2)10-6-4-5-7-11(10)14/h4-7,15H,8-9H2,1-3H3. The molecule has 0 heterocycles. The molecule has 0 radical (unpaired) electrons. The molecule has 0 aliphatic rings. The summed E-state index contributed by atoms with van der Waals surface area (Å²) in [7, 11) is 2.96. The Kier molecular flexibility index (Phi) is 5.59. The molecule has 1 atom stereocenters. The number of carbonyl (C=O) groups excluding carboxylic acids is 1.